The van der Waals surface area contributed by atoms with Crippen LogP contribution in [0.2, 0.25) is 0 Å². The molecule has 10 rings (SSSR count). The number of ether oxygens (including phenoxy) is 5. The molecule has 3 N–H and O–H groups in total. The summed E-state index contributed by atoms with van der Waals surface area (Å²) in [7, 11) is 8.08. The zero-order valence-corrected chi connectivity index (χ0v) is 51.8. The number of alkyl halides is 1. The lowest BCUT2D eigenvalue weighted by atomic mass is 9.78. The Bertz CT molecular complexity index is 3540. The van der Waals surface area contributed by atoms with Crippen molar-refractivity contribution < 1.29 is 51.3 Å². The Hall–Kier alpha value is -7.02. The Morgan fingerprint density at radius 3 is 1.50 bits per heavy atom. The molecule has 0 bridgehead atoms. The maximum Gasteiger partial charge on any atom is 0.494 e. The molecule has 23 heteroatoms. The highest BCUT2D eigenvalue weighted by Gasteiger charge is 2.51. The number of nitrogens with one attached hydrogen (secondary N) is 2. The molecular formula is C61H65BBr2ClF3N8O8. The summed E-state index contributed by atoms with van der Waals surface area (Å²) in [6.07, 6.45) is 6.93. The van der Waals surface area contributed by atoms with Crippen LogP contribution in [-0.4, -0.2) is 128 Å². The van der Waals surface area contributed by atoms with Gasteiger partial charge in [0.1, 0.15) is 59.5 Å². The van der Waals surface area contributed by atoms with Crippen LogP contribution >= 0.6 is 43.5 Å². The predicted molar refractivity (Wildman–Crippen MR) is 333 cm³/mol. The van der Waals surface area contributed by atoms with Crippen molar-refractivity contribution in [2.24, 2.45) is 0 Å². The number of aromatic nitrogens is 6. The summed E-state index contributed by atoms with van der Waals surface area (Å²) in [6.45, 7) is 10.7. The van der Waals surface area contributed by atoms with E-state index >= 15 is 0 Å². The van der Waals surface area contributed by atoms with Crippen molar-refractivity contribution >= 4 is 89.5 Å². The van der Waals surface area contributed by atoms with Gasteiger partial charge >= 0.3 is 7.12 Å². The third-order valence-electron chi connectivity index (χ3n) is 12.7. The van der Waals surface area contributed by atoms with Gasteiger partial charge in [0, 0.05) is 93.6 Å². The number of hydrogen-bond donors (Lipinski definition) is 3. The van der Waals surface area contributed by atoms with Gasteiger partial charge in [0.15, 0.2) is 11.6 Å². The number of anilines is 2. The molecule has 5 heterocycles. The van der Waals surface area contributed by atoms with E-state index in [9.17, 15) is 13.2 Å². The summed E-state index contributed by atoms with van der Waals surface area (Å²) in [4.78, 5) is 26.9. The van der Waals surface area contributed by atoms with Gasteiger partial charge in [0.25, 0.3) is 0 Å². The van der Waals surface area contributed by atoms with Crippen molar-refractivity contribution in [1.29, 1.82) is 0 Å². The van der Waals surface area contributed by atoms with Crippen LogP contribution in [0.25, 0.3) is 55.7 Å². The topological polar surface area (TPSA) is 186 Å². The molecule has 9 aromatic rings. The van der Waals surface area contributed by atoms with Crippen LogP contribution in [0.3, 0.4) is 0 Å². The average molecular weight is 1300 g/mol. The fourth-order valence-electron chi connectivity index (χ4n) is 7.63. The number of phenols is 1. The minimum atomic E-state index is -0.415. The van der Waals surface area contributed by atoms with Crippen LogP contribution in [0, 0.1) is 17.5 Å². The van der Waals surface area contributed by atoms with Crippen molar-refractivity contribution in [3.05, 3.63) is 166 Å². The fourth-order valence-corrected chi connectivity index (χ4v) is 8.51. The van der Waals surface area contributed by atoms with Crippen molar-refractivity contribution in [3.8, 4) is 51.2 Å². The summed E-state index contributed by atoms with van der Waals surface area (Å²) in [6, 6.07) is 32.2. The normalized spacial score (nSPS) is 12.8. The second kappa shape index (κ2) is 32.3. The van der Waals surface area contributed by atoms with Gasteiger partial charge in [-0.15, -0.1) is 11.6 Å². The maximum absolute atomic E-state index is 14.6. The second-order valence-electron chi connectivity index (χ2n) is 19.1. The van der Waals surface area contributed by atoms with Crippen molar-refractivity contribution in [2.75, 3.05) is 85.0 Å². The number of rotatable bonds is 16. The first-order valence-corrected chi connectivity index (χ1v) is 28.3. The molecule has 0 saturated carbocycles. The Kier molecular flexibility index (Phi) is 25.4. The zero-order chi connectivity index (χ0) is 60.8. The van der Waals surface area contributed by atoms with Crippen LogP contribution in [0.1, 0.15) is 27.7 Å². The molecule has 0 aliphatic carbocycles. The molecule has 4 aromatic heterocycles. The fraction of sp³-hybridized carbons (Fsp3) is 0.279. The molecule has 5 aromatic carbocycles. The minimum Gasteiger partial charge on any atom is -0.508 e. The highest BCUT2D eigenvalue weighted by molar-refractivity contribution is 9.10. The summed E-state index contributed by atoms with van der Waals surface area (Å²) in [5.74, 6) is 3.52. The number of aromatic hydroxyl groups is 1. The minimum absolute atomic E-state index is 0.0586. The van der Waals surface area contributed by atoms with Gasteiger partial charge in [0.2, 0.25) is 0 Å². The molecule has 0 unspecified atom stereocenters. The molecule has 1 aliphatic heterocycles. The predicted octanol–water partition coefficient (Wildman–Crippen LogP) is 13.4. The third kappa shape index (κ3) is 18.5. The molecule has 0 spiro atoms. The lowest BCUT2D eigenvalue weighted by Crippen LogP contribution is -2.41. The van der Waals surface area contributed by atoms with E-state index in [0.29, 0.717) is 83.5 Å². The third-order valence-corrected chi connectivity index (χ3v) is 14.1. The van der Waals surface area contributed by atoms with E-state index in [0.717, 1.165) is 44.2 Å². The summed E-state index contributed by atoms with van der Waals surface area (Å²) in [5.41, 5.74) is 4.68. The SMILES string of the molecule is CNc1nc(-c2cccnc2)nc2ccc(-c3cc(OCCOC)ccc3F)cc12.CNc1nc(-c2cccnc2)nc2ccc(B3OC(C)(C)C(C)(C)O3)cc12.COCCCl.COCCOc1ccc(F)c(Br)c1.Oc1ccc(F)c(Br)c1. The zero-order valence-electron chi connectivity index (χ0n) is 47.9. The molecule has 0 amide bonds. The quantitative estimate of drug-likeness (QED) is 0.0471. The highest BCUT2D eigenvalue weighted by atomic mass is 79.9. The number of phenolic OH excluding ortho intramolecular Hbond substituents is 1. The van der Waals surface area contributed by atoms with E-state index in [1.807, 2.05) is 67.7 Å². The number of nitrogens with zero attached hydrogens (tertiary/aromatic N) is 6. The molecule has 0 radical (unpaired) electrons. The van der Waals surface area contributed by atoms with Crippen LogP contribution in [0.5, 0.6) is 17.2 Å². The Labute approximate surface area is 509 Å². The molecule has 1 fully saturated rings. The van der Waals surface area contributed by atoms with E-state index in [1.54, 1.807) is 77.4 Å². The standard InChI is InChI=1S/C23H21FN4O2.C20H23BN4O2.C9H10BrFO2.C6H4BrFO.C3H7ClO/c1-25-23-19-12-15(18-13-17(6-7-20(18)24)30-11-10-29-2)5-8-21(19)27-22(28-23)16-4-3-9-26-14-16;1-19(2)20(3,4)27-21(26-19)14-8-9-16-15(11-14)18(22-5)25-17(24-16)13-7-6-10-23-12-13;1-12-4-5-13-7-2-3-9(11)8(10)6-7;7-5-3-4(9)1-2-6(5)8;1-5-3-2-4/h3-9,12-14H,10-11H2,1-2H3,(H,25,27,28);6-12H,1-5H3,(H,22,24,25);2-3,6H,4-5H2,1H3;1-3,9H;2-3H2,1H3. The summed E-state index contributed by atoms with van der Waals surface area (Å²) < 4.78 is 78.0. The highest BCUT2D eigenvalue weighted by Crippen LogP contribution is 2.37. The largest absolute Gasteiger partial charge is 0.508 e. The molecular weight excluding hydrogens is 1240 g/mol. The summed E-state index contributed by atoms with van der Waals surface area (Å²) >= 11 is 11.2. The molecule has 84 heavy (non-hydrogen) atoms. The first kappa shape index (κ1) is 66.1. The van der Waals surface area contributed by atoms with Crippen LogP contribution < -0.4 is 25.6 Å². The number of pyridine rings is 2. The smallest absolute Gasteiger partial charge is 0.494 e. The number of methoxy groups -OCH3 is 3. The monoisotopic (exact) mass is 1300 g/mol. The van der Waals surface area contributed by atoms with Crippen molar-refractivity contribution in [1.82, 2.24) is 29.9 Å². The average Bonchev–Trinajstić information content (AvgIpc) is 2.44. The second-order valence-corrected chi connectivity index (χ2v) is 21.1. The van der Waals surface area contributed by atoms with Gasteiger partial charge < -0.3 is 48.7 Å². The van der Waals surface area contributed by atoms with Crippen LogP contribution in [0.15, 0.2) is 149 Å². The molecule has 16 nitrogen and oxygen atoms in total. The number of halogens is 6. The first-order chi connectivity index (χ1) is 40.3. The van der Waals surface area contributed by atoms with Crippen molar-refractivity contribution in [2.45, 2.75) is 38.9 Å². The molecule has 442 valence electrons. The lowest BCUT2D eigenvalue weighted by molar-refractivity contribution is 0.00578. The van der Waals surface area contributed by atoms with Gasteiger partial charge in [-0.25, -0.2) is 33.1 Å². The first-order valence-electron chi connectivity index (χ1n) is 26.2. The Balaban J connectivity index is 0.000000190. The number of benzene rings is 5. The number of hydrogen-bond acceptors (Lipinski definition) is 16. The van der Waals surface area contributed by atoms with Gasteiger partial charge in [-0.2, -0.15) is 0 Å². The van der Waals surface area contributed by atoms with Gasteiger partial charge in [-0.05, 0) is 174 Å². The molecule has 1 aliphatic rings. The molecule has 0 atom stereocenters. The van der Waals surface area contributed by atoms with Crippen molar-refractivity contribution in [3.63, 3.8) is 0 Å². The van der Waals surface area contributed by atoms with E-state index < -0.39 is 7.12 Å². The van der Waals surface area contributed by atoms with Crippen LogP contribution in [-0.2, 0) is 23.5 Å². The Morgan fingerprint density at radius 1 is 0.560 bits per heavy atom. The van der Waals surface area contributed by atoms with E-state index in [1.165, 1.54) is 30.3 Å². The van der Waals surface area contributed by atoms with Gasteiger partial charge in [-0.3, -0.25) is 9.97 Å². The number of fused-ring (bicyclic) bond motifs is 2. The Morgan fingerprint density at radius 2 is 1.05 bits per heavy atom. The van der Waals surface area contributed by atoms with Gasteiger partial charge in [0.05, 0.1) is 51.0 Å². The molecule has 1 saturated heterocycles. The summed E-state index contributed by atoms with van der Waals surface area (Å²) in [5, 5.41) is 16.8. The lowest BCUT2D eigenvalue weighted by Gasteiger charge is -2.32. The van der Waals surface area contributed by atoms with Crippen LogP contribution in [0.4, 0.5) is 24.8 Å². The van der Waals surface area contributed by atoms with E-state index in [-0.39, 0.29) is 38.9 Å². The maximum atomic E-state index is 14.6. The van der Waals surface area contributed by atoms with Gasteiger partial charge in [-0.1, -0.05) is 12.1 Å². The van der Waals surface area contributed by atoms with E-state index in [4.69, 9.17) is 49.9 Å². The van der Waals surface area contributed by atoms with E-state index in [2.05, 4.69) is 99.8 Å².